The summed E-state index contributed by atoms with van der Waals surface area (Å²) >= 11 is 5.60. The Morgan fingerprint density at radius 2 is 1.89 bits per heavy atom. The Hall–Kier alpha value is -1.70. The van der Waals surface area contributed by atoms with E-state index in [0.717, 1.165) is 21.0 Å². The number of benzene rings is 2. The highest BCUT2D eigenvalue weighted by Gasteiger charge is 2.16. The van der Waals surface area contributed by atoms with E-state index in [1.54, 1.807) is 11.3 Å². The zero-order valence-corrected chi connectivity index (χ0v) is 17.2. The highest BCUT2D eigenvalue weighted by Crippen LogP contribution is 2.43. The number of amides is 1. The molecule has 0 saturated carbocycles. The second kappa shape index (κ2) is 8.99. The molecular weight excluding hydrogens is 396 g/mol. The quantitative estimate of drug-likeness (QED) is 0.622. The Balaban J connectivity index is 1.25. The lowest BCUT2D eigenvalue weighted by atomic mass is 10.2. The van der Waals surface area contributed by atoms with Crippen LogP contribution in [-0.4, -0.2) is 29.0 Å². The summed E-state index contributed by atoms with van der Waals surface area (Å²) in [7, 11) is 0. The fourth-order valence-electron chi connectivity index (χ4n) is 2.77. The van der Waals surface area contributed by atoms with E-state index >= 15 is 0 Å². The lowest BCUT2D eigenvalue weighted by Gasteiger charge is -2.21. The van der Waals surface area contributed by atoms with Gasteiger partial charge in [0.15, 0.2) is 6.61 Å². The zero-order valence-electron chi connectivity index (χ0n) is 14.7. The van der Waals surface area contributed by atoms with E-state index in [1.807, 2.05) is 59.9 Å². The summed E-state index contributed by atoms with van der Waals surface area (Å²) in [6, 6.07) is 16.1. The Bertz CT molecular complexity index is 872. The van der Waals surface area contributed by atoms with Gasteiger partial charge in [-0.25, -0.2) is 4.98 Å². The Labute approximate surface area is 171 Å². The highest BCUT2D eigenvalue weighted by molar-refractivity contribution is 8.16. The van der Waals surface area contributed by atoms with Crippen molar-refractivity contribution in [1.29, 1.82) is 0 Å². The minimum absolute atomic E-state index is 0.0111. The number of ether oxygens (including phenoxy) is 1. The van der Waals surface area contributed by atoms with Gasteiger partial charge in [-0.1, -0.05) is 24.3 Å². The summed E-state index contributed by atoms with van der Waals surface area (Å²) in [5.41, 5.74) is 2.29. The van der Waals surface area contributed by atoms with E-state index in [4.69, 9.17) is 4.74 Å². The molecule has 4 rings (SSSR count). The predicted molar refractivity (Wildman–Crippen MR) is 116 cm³/mol. The summed E-state index contributed by atoms with van der Waals surface area (Å²) in [4.78, 5) is 16.6. The normalized spacial score (nSPS) is 15.0. The number of nitrogens with one attached hydrogen (secondary N) is 1. The number of thiazole rings is 1. The predicted octanol–water partition coefficient (Wildman–Crippen LogP) is 4.86. The van der Waals surface area contributed by atoms with Crippen LogP contribution in [0, 0.1) is 0 Å². The van der Waals surface area contributed by atoms with Gasteiger partial charge < -0.3 is 10.1 Å². The fraction of sp³-hybridized carbons (Fsp3) is 0.300. The molecule has 4 nitrogen and oxygen atoms in total. The average Bonchev–Trinajstić information content (AvgIpc) is 3.15. The Morgan fingerprint density at radius 3 is 2.67 bits per heavy atom. The fourth-order valence-corrected chi connectivity index (χ4v) is 6.57. The molecule has 2 heterocycles. The molecule has 0 bridgehead atoms. The first-order valence-electron chi connectivity index (χ1n) is 8.85. The molecule has 1 aromatic heterocycles. The summed E-state index contributed by atoms with van der Waals surface area (Å²) in [5, 5.41) is 3.77. The van der Waals surface area contributed by atoms with Crippen LogP contribution in [0.15, 0.2) is 48.5 Å². The van der Waals surface area contributed by atoms with E-state index in [1.165, 1.54) is 23.5 Å². The molecule has 1 amide bonds. The third kappa shape index (κ3) is 4.97. The molecule has 1 fully saturated rings. The van der Waals surface area contributed by atoms with Crippen molar-refractivity contribution in [2.24, 2.45) is 0 Å². The van der Waals surface area contributed by atoms with Gasteiger partial charge in [0.25, 0.3) is 5.91 Å². The number of para-hydroxylation sites is 1. The van der Waals surface area contributed by atoms with Gasteiger partial charge in [0, 0.05) is 0 Å². The second-order valence-electron chi connectivity index (χ2n) is 6.14. The SMILES string of the molecule is O=C(COc1ccc(C2SCCCS2)cc1)NCc1nc2ccccc2s1. The molecule has 0 atom stereocenters. The molecule has 0 spiro atoms. The first-order chi connectivity index (χ1) is 13.3. The van der Waals surface area contributed by atoms with Crippen LogP contribution in [0.5, 0.6) is 5.75 Å². The first-order valence-corrected chi connectivity index (χ1v) is 11.8. The standard InChI is InChI=1S/C20H20N2O2S3/c23-18(21-12-19-22-16-4-1-2-5-17(16)27-19)13-24-15-8-6-14(7-9-15)20-25-10-3-11-26-20/h1-2,4-9,20H,3,10-13H2,(H,21,23). The van der Waals surface area contributed by atoms with Crippen LogP contribution in [0.1, 0.15) is 21.6 Å². The third-order valence-corrected chi connectivity index (χ3v) is 8.18. The molecule has 2 aromatic carbocycles. The summed E-state index contributed by atoms with van der Waals surface area (Å²) in [6.45, 7) is 0.438. The van der Waals surface area contributed by atoms with Crippen molar-refractivity contribution >= 4 is 51.0 Å². The number of carbonyl (C=O) groups is 1. The number of rotatable bonds is 6. The zero-order chi connectivity index (χ0) is 18.5. The largest absolute Gasteiger partial charge is 0.484 e. The van der Waals surface area contributed by atoms with Gasteiger partial charge in [0.1, 0.15) is 10.8 Å². The molecule has 1 saturated heterocycles. The minimum atomic E-state index is -0.142. The maximum atomic E-state index is 12.1. The van der Waals surface area contributed by atoms with Crippen LogP contribution < -0.4 is 10.1 Å². The molecule has 27 heavy (non-hydrogen) atoms. The van der Waals surface area contributed by atoms with E-state index in [0.29, 0.717) is 11.1 Å². The van der Waals surface area contributed by atoms with Crippen molar-refractivity contribution in [3.63, 3.8) is 0 Å². The summed E-state index contributed by atoms with van der Waals surface area (Å²) < 4.78 is 7.27. The molecule has 1 N–H and O–H groups in total. The average molecular weight is 417 g/mol. The number of hydrogen-bond donors (Lipinski definition) is 1. The molecule has 7 heteroatoms. The lowest BCUT2D eigenvalue weighted by Crippen LogP contribution is -2.28. The van der Waals surface area contributed by atoms with Gasteiger partial charge in [0.05, 0.1) is 21.3 Å². The molecule has 1 aliphatic heterocycles. The van der Waals surface area contributed by atoms with E-state index < -0.39 is 0 Å². The molecule has 1 aliphatic rings. The van der Waals surface area contributed by atoms with Crippen LogP contribution in [0.3, 0.4) is 0 Å². The Kier molecular flexibility index (Phi) is 6.21. The topological polar surface area (TPSA) is 51.2 Å². The number of hydrogen-bond acceptors (Lipinski definition) is 6. The van der Waals surface area contributed by atoms with E-state index in [2.05, 4.69) is 22.4 Å². The van der Waals surface area contributed by atoms with Crippen molar-refractivity contribution in [1.82, 2.24) is 10.3 Å². The number of thioether (sulfide) groups is 2. The summed E-state index contributed by atoms with van der Waals surface area (Å²) in [5.74, 6) is 3.03. The minimum Gasteiger partial charge on any atom is -0.484 e. The van der Waals surface area contributed by atoms with Crippen molar-refractivity contribution in [3.05, 3.63) is 59.1 Å². The Morgan fingerprint density at radius 1 is 1.11 bits per heavy atom. The smallest absolute Gasteiger partial charge is 0.258 e. The highest BCUT2D eigenvalue weighted by atomic mass is 32.2. The number of fused-ring (bicyclic) bond motifs is 1. The molecule has 0 aliphatic carbocycles. The van der Waals surface area contributed by atoms with Crippen molar-refractivity contribution in [2.75, 3.05) is 18.1 Å². The summed E-state index contributed by atoms with van der Waals surface area (Å²) in [6.07, 6.45) is 1.29. The van der Waals surface area contributed by atoms with Crippen LogP contribution in [0.2, 0.25) is 0 Å². The van der Waals surface area contributed by atoms with Crippen molar-refractivity contribution in [2.45, 2.75) is 17.5 Å². The van der Waals surface area contributed by atoms with Gasteiger partial charge in [-0.05, 0) is 47.8 Å². The first kappa shape index (κ1) is 18.7. The monoisotopic (exact) mass is 416 g/mol. The number of carbonyl (C=O) groups excluding carboxylic acids is 1. The van der Waals surface area contributed by atoms with Crippen molar-refractivity contribution < 1.29 is 9.53 Å². The van der Waals surface area contributed by atoms with Gasteiger partial charge in [-0.2, -0.15) is 0 Å². The number of nitrogens with zero attached hydrogens (tertiary/aromatic N) is 1. The molecule has 3 aromatic rings. The van der Waals surface area contributed by atoms with E-state index in [-0.39, 0.29) is 12.5 Å². The molecule has 0 radical (unpaired) electrons. The van der Waals surface area contributed by atoms with Gasteiger partial charge in [-0.3, -0.25) is 4.79 Å². The lowest BCUT2D eigenvalue weighted by molar-refractivity contribution is -0.123. The second-order valence-corrected chi connectivity index (χ2v) is 9.98. The maximum Gasteiger partial charge on any atom is 0.258 e. The van der Waals surface area contributed by atoms with Crippen LogP contribution >= 0.6 is 34.9 Å². The van der Waals surface area contributed by atoms with Gasteiger partial charge >= 0.3 is 0 Å². The maximum absolute atomic E-state index is 12.1. The van der Waals surface area contributed by atoms with Crippen LogP contribution in [0.4, 0.5) is 0 Å². The van der Waals surface area contributed by atoms with E-state index in [9.17, 15) is 4.79 Å². The molecule has 0 unspecified atom stereocenters. The van der Waals surface area contributed by atoms with Gasteiger partial charge in [0.2, 0.25) is 0 Å². The molecule has 140 valence electrons. The van der Waals surface area contributed by atoms with Crippen LogP contribution in [0.25, 0.3) is 10.2 Å². The number of aromatic nitrogens is 1. The third-order valence-electron chi connectivity index (χ3n) is 4.12. The van der Waals surface area contributed by atoms with Gasteiger partial charge in [-0.15, -0.1) is 34.9 Å². The van der Waals surface area contributed by atoms with Crippen LogP contribution in [-0.2, 0) is 11.3 Å². The van der Waals surface area contributed by atoms with Crippen molar-refractivity contribution in [3.8, 4) is 5.75 Å². The molecular formula is C20H20N2O2S3.